The number of nitrogens with zero attached hydrogens (tertiary/aromatic N) is 4. The van der Waals surface area contributed by atoms with Crippen LogP contribution in [0.1, 0.15) is 5.56 Å². The van der Waals surface area contributed by atoms with Crippen molar-refractivity contribution in [2.75, 3.05) is 24.6 Å². The van der Waals surface area contributed by atoms with Crippen molar-refractivity contribution in [2.45, 2.75) is 19.6 Å². The van der Waals surface area contributed by atoms with Gasteiger partial charge in [0.25, 0.3) is 0 Å². The van der Waals surface area contributed by atoms with Crippen LogP contribution in [0.25, 0.3) is 0 Å². The molecule has 1 fully saturated rings. The summed E-state index contributed by atoms with van der Waals surface area (Å²) in [6.07, 6.45) is 3.51. The zero-order chi connectivity index (χ0) is 16.4. The molecule has 0 bridgehead atoms. The number of nitro groups is 1. The van der Waals surface area contributed by atoms with Gasteiger partial charge < -0.3 is 9.64 Å². The summed E-state index contributed by atoms with van der Waals surface area (Å²) in [7, 11) is 0. The lowest BCUT2D eigenvalue weighted by molar-refractivity contribution is -0.386. The predicted molar refractivity (Wildman–Crippen MR) is 82.0 cm³/mol. The third-order valence-electron chi connectivity index (χ3n) is 3.78. The standard InChI is InChI=1S/C15H17FN4O3/c1-11-7-17-19(8-11)10-12-9-18(5-6-23-12)14-4-2-3-13(16)15(14)20(21)22/h2-4,7-8,12H,5-6,9-10H2,1H3. The minimum atomic E-state index is -0.821. The quantitative estimate of drug-likeness (QED) is 0.637. The van der Waals surface area contributed by atoms with Crippen LogP contribution in [0.2, 0.25) is 0 Å². The third-order valence-corrected chi connectivity index (χ3v) is 3.78. The number of aryl methyl sites for hydroxylation is 1. The van der Waals surface area contributed by atoms with Gasteiger partial charge in [-0.1, -0.05) is 6.07 Å². The number of ether oxygens (including phenoxy) is 1. The fourth-order valence-electron chi connectivity index (χ4n) is 2.76. The van der Waals surface area contributed by atoms with Gasteiger partial charge in [-0.15, -0.1) is 0 Å². The van der Waals surface area contributed by atoms with Crippen LogP contribution in [0.3, 0.4) is 0 Å². The zero-order valence-corrected chi connectivity index (χ0v) is 12.7. The number of hydrogen-bond acceptors (Lipinski definition) is 5. The summed E-state index contributed by atoms with van der Waals surface area (Å²) < 4.78 is 21.3. The molecule has 0 N–H and O–H groups in total. The van der Waals surface area contributed by atoms with E-state index in [1.54, 1.807) is 21.8 Å². The molecule has 2 aromatic rings. The summed E-state index contributed by atoms with van der Waals surface area (Å²) in [6, 6.07) is 4.16. The van der Waals surface area contributed by atoms with Gasteiger partial charge in [-0.2, -0.15) is 9.49 Å². The minimum Gasteiger partial charge on any atom is -0.373 e. The van der Waals surface area contributed by atoms with Gasteiger partial charge in [0.05, 0.1) is 30.4 Å². The minimum absolute atomic E-state index is 0.161. The second-order valence-electron chi connectivity index (χ2n) is 5.54. The van der Waals surface area contributed by atoms with Crippen molar-refractivity contribution < 1.29 is 14.1 Å². The van der Waals surface area contributed by atoms with E-state index in [9.17, 15) is 14.5 Å². The van der Waals surface area contributed by atoms with E-state index < -0.39 is 16.4 Å². The highest BCUT2D eigenvalue weighted by Gasteiger charge is 2.28. The van der Waals surface area contributed by atoms with E-state index in [2.05, 4.69) is 5.10 Å². The van der Waals surface area contributed by atoms with E-state index in [-0.39, 0.29) is 6.10 Å². The first-order valence-corrected chi connectivity index (χ1v) is 7.33. The van der Waals surface area contributed by atoms with Gasteiger partial charge in [-0.3, -0.25) is 14.8 Å². The number of benzene rings is 1. The average Bonchev–Trinajstić information content (AvgIpc) is 2.92. The maximum Gasteiger partial charge on any atom is 0.327 e. The van der Waals surface area contributed by atoms with Crippen LogP contribution in [-0.4, -0.2) is 40.5 Å². The summed E-state index contributed by atoms with van der Waals surface area (Å²) in [5, 5.41) is 15.4. The Morgan fingerprint density at radius 2 is 2.35 bits per heavy atom. The number of rotatable bonds is 4. The Bertz CT molecular complexity index is 718. The van der Waals surface area contributed by atoms with E-state index in [1.165, 1.54) is 6.07 Å². The van der Waals surface area contributed by atoms with Crippen molar-refractivity contribution >= 4 is 11.4 Å². The Hall–Kier alpha value is -2.48. The summed E-state index contributed by atoms with van der Waals surface area (Å²) >= 11 is 0. The highest BCUT2D eigenvalue weighted by atomic mass is 19.1. The molecule has 2 heterocycles. The van der Waals surface area contributed by atoms with Gasteiger partial charge in [-0.05, 0) is 24.6 Å². The molecule has 7 nitrogen and oxygen atoms in total. The maximum atomic E-state index is 13.8. The molecule has 1 atom stereocenters. The molecule has 0 spiro atoms. The lowest BCUT2D eigenvalue weighted by Gasteiger charge is -2.34. The van der Waals surface area contributed by atoms with Crippen molar-refractivity contribution in [1.29, 1.82) is 0 Å². The monoisotopic (exact) mass is 320 g/mol. The molecule has 1 aromatic carbocycles. The number of hydrogen-bond donors (Lipinski definition) is 0. The maximum absolute atomic E-state index is 13.8. The van der Waals surface area contributed by atoms with Crippen molar-refractivity contribution in [2.24, 2.45) is 0 Å². The third kappa shape index (κ3) is 3.31. The Morgan fingerprint density at radius 1 is 1.52 bits per heavy atom. The molecule has 1 unspecified atom stereocenters. The summed E-state index contributed by atoms with van der Waals surface area (Å²) in [6.45, 7) is 3.86. The smallest absolute Gasteiger partial charge is 0.327 e. The van der Waals surface area contributed by atoms with E-state index >= 15 is 0 Å². The zero-order valence-electron chi connectivity index (χ0n) is 12.7. The number of morpholine rings is 1. The van der Waals surface area contributed by atoms with Gasteiger partial charge in [0.15, 0.2) is 0 Å². The highest BCUT2D eigenvalue weighted by molar-refractivity contribution is 5.64. The summed E-state index contributed by atoms with van der Waals surface area (Å²) in [5.41, 5.74) is 0.862. The largest absolute Gasteiger partial charge is 0.373 e. The average molecular weight is 320 g/mol. The second-order valence-corrected chi connectivity index (χ2v) is 5.54. The normalized spacial score (nSPS) is 18.2. The van der Waals surface area contributed by atoms with E-state index in [0.717, 1.165) is 11.6 Å². The first-order valence-electron chi connectivity index (χ1n) is 7.33. The number of para-hydroxylation sites is 1. The summed E-state index contributed by atoms with van der Waals surface area (Å²) in [4.78, 5) is 12.3. The van der Waals surface area contributed by atoms with Gasteiger partial charge in [0.2, 0.25) is 5.82 Å². The van der Waals surface area contributed by atoms with Crippen LogP contribution in [0.5, 0.6) is 0 Å². The van der Waals surface area contributed by atoms with Crippen molar-refractivity contribution in [1.82, 2.24) is 9.78 Å². The molecule has 23 heavy (non-hydrogen) atoms. The van der Waals surface area contributed by atoms with Crippen LogP contribution in [-0.2, 0) is 11.3 Å². The SMILES string of the molecule is Cc1cnn(CC2CN(c3cccc(F)c3[N+](=O)[O-])CCO2)c1. The molecule has 0 aliphatic carbocycles. The van der Waals surface area contributed by atoms with E-state index in [4.69, 9.17) is 4.74 Å². The number of aromatic nitrogens is 2. The van der Waals surface area contributed by atoms with Crippen LogP contribution in [0, 0.1) is 22.9 Å². The fraction of sp³-hybridized carbons (Fsp3) is 0.400. The van der Waals surface area contributed by atoms with Crippen molar-refractivity contribution in [3.05, 3.63) is 52.1 Å². The van der Waals surface area contributed by atoms with E-state index in [1.807, 2.05) is 13.1 Å². The topological polar surface area (TPSA) is 73.4 Å². The first-order chi connectivity index (χ1) is 11.0. The van der Waals surface area contributed by atoms with Crippen molar-refractivity contribution in [3.63, 3.8) is 0 Å². The van der Waals surface area contributed by atoms with Gasteiger partial charge in [0, 0.05) is 19.3 Å². The molecule has 3 rings (SSSR count). The molecular weight excluding hydrogens is 303 g/mol. The molecule has 1 aliphatic heterocycles. The fourth-order valence-corrected chi connectivity index (χ4v) is 2.76. The molecule has 1 saturated heterocycles. The predicted octanol–water partition coefficient (Wildman–Crippen LogP) is 2.14. The molecule has 0 radical (unpaired) electrons. The Labute approximate surface area is 132 Å². The molecule has 0 saturated carbocycles. The lowest BCUT2D eigenvalue weighted by Crippen LogP contribution is -2.44. The summed E-state index contributed by atoms with van der Waals surface area (Å²) in [5.74, 6) is -0.821. The van der Waals surface area contributed by atoms with E-state index in [0.29, 0.717) is 31.9 Å². The van der Waals surface area contributed by atoms with Crippen LogP contribution >= 0.6 is 0 Å². The van der Waals surface area contributed by atoms with Gasteiger partial charge in [-0.25, -0.2) is 0 Å². The number of anilines is 1. The number of halogens is 1. The van der Waals surface area contributed by atoms with Crippen LogP contribution in [0.4, 0.5) is 15.8 Å². The van der Waals surface area contributed by atoms with Gasteiger partial charge in [0.1, 0.15) is 5.69 Å². The highest BCUT2D eigenvalue weighted by Crippen LogP contribution is 2.31. The molecule has 122 valence electrons. The Balaban J connectivity index is 1.79. The molecule has 1 aliphatic rings. The van der Waals surface area contributed by atoms with Gasteiger partial charge >= 0.3 is 5.69 Å². The molecule has 8 heteroatoms. The Morgan fingerprint density at radius 3 is 3.04 bits per heavy atom. The Kier molecular flexibility index (Phi) is 4.24. The second kappa shape index (κ2) is 6.33. The van der Waals surface area contributed by atoms with Crippen molar-refractivity contribution in [3.8, 4) is 0 Å². The molecule has 1 aromatic heterocycles. The lowest BCUT2D eigenvalue weighted by atomic mass is 10.2. The molecular formula is C15H17FN4O3. The first kappa shape index (κ1) is 15.4. The number of nitro benzene ring substituents is 1. The molecule has 0 amide bonds. The van der Waals surface area contributed by atoms with Crippen LogP contribution in [0.15, 0.2) is 30.6 Å². The van der Waals surface area contributed by atoms with Crippen LogP contribution < -0.4 is 4.90 Å².